The first-order valence-electron chi connectivity index (χ1n) is 9.30. The minimum atomic E-state index is 0.427. The average Bonchev–Trinajstić information content (AvgIpc) is 3.37. The number of methoxy groups -OCH3 is 1. The lowest BCUT2D eigenvalue weighted by Crippen LogP contribution is -2.18. The summed E-state index contributed by atoms with van der Waals surface area (Å²) in [4.78, 5) is 7.23. The van der Waals surface area contributed by atoms with Crippen molar-refractivity contribution in [1.29, 1.82) is 0 Å². The lowest BCUT2D eigenvalue weighted by molar-refractivity contribution is 0.415. The van der Waals surface area contributed by atoms with Gasteiger partial charge in [0.25, 0.3) is 0 Å². The van der Waals surface area contributed by atoms with Gasteiger partial charge in [-0.3, -0.25) is 4.99 Å². The molecule has 3 aromatic rings. The second-order valence-corrected chi connectivity index (χ2v) is 8.42. The van der Waals surface area contributed by atoms with Crippen LogP contribution in [0.1, 0.15) is 37.7 Å². The molecule has 1 saturated carbocycles. The number of benzene rings is 1. The third kappa shape index (κ3) is 4.39. The predicted molar refractivity (Wildman–Crippen MR) is 114 cm³/mol. The van der Waals surface area contributed by atoms with Crippen molar-refractivity contribution in [2.24, 2.45) is 10.1 Å². The SMILES string of the molecule is COc1ccc(C=Nn2c(-c3cccs3)csc2=NC2CCCCC2)cc1. The number of rotatable bonds is 5. The van der Waals surface area contributed by atoms with Gasteiger partial charge in [-0.2, -0.15) is 5.10 Å². The highest BCUT2D eigenvalue weighted by atomic mass is 32.1. The fourth-order valence-electron chi connectivity index (χ4n) is 3.28. The summed E-state index contributed by atoms with van der Waals surface area (Å²) in [6.07, 6.45) is 8.18. The zero-order chi connectivity index (χ0) is 18.5. The van der Waals surface area contributed by atoms with Gasteiger partial charge in [0.15, 0.2) is 0 Å². The number of ether oxygens (including phenoxy) is 1. The molecule has 0 amide bonds. The maximum absolute atomic E-state index is 5.23. The van der Waals surface area contributed by atoms with Gasteiger partial charge in [-0.25, -0.2) is 4.68 Å². The first-order chi connectivity index (χ1) is 13.3. The number of aromatic nitrogens is 1. The highest BCUT2D eigenvalue weighted by Crippen LogP contribution is 2.26. The molecule has 4 nitrogen and oxygen atoms in total. The largest absolute Gasteiger partial charge is 0.497 e. The van der Waals surface area contributed by atoms with Crippen molar-refractivity contribution in [1.82, 2.24) is 4.68 Å². The molecule has 1 aromatic carbocycles. The Morgan fingerprint density at radius 1 is 1.07 bits per heavy atom. The summed E-state index contributed by atoms with van der Waals surface area (Å²) in [5.41, 5.74) is 2.14. The molecule has 6 heteroatoms. The smallest absolute Gasteiger partial charge is 0.206 e. The summed E-state index contributed by atoms with van der Waals surface area (Å²) in [6.45, 7) is 0. The summed E-state index contributed by atoms with van der Waals surface area (Å²) in [5, 5.41) is 9.05. The second kappa shape index (κ2) is 8.67. The van der Waals surface area contributed by atoms with E-state index in [4.69, 9.17) is 14.8 Å². The van der Waals surface area contributed by atoms with E-state index in [-0.39, 0.29) is 0 Å². The third-order valence-electron chi connectivity index (χ3n) is 4.76. The van der Waals surface area contributed by atoms with Crippen LogP contribution in [0.25, 0.3) is 10.6 Å². The second-order valence-electron chi connectivity index (χ2n) is 6.63. The van der Waals surface area contributed by atoms with E-state index in [1.54, 1.807) is 29.8 Å². The van der Waals surface area contributed by atoms with Gasteiger partial charge in [0.05, 0.1) is 29.9 Å². The van der Waals surface area contributed by atoms with Gasteiger partial charge in [-0.1, -0.05) is 25.3 Å². The molecule has 140 valence electrons. The van der Waals surface area contributed by atoms with Gasteiger partial charge in [0.2, 0.25) is 4.80 Å². The number of thiophene rings is 1. The highest BCUT2D eigenvalue weighted by Gasteiger charge is 2.14. The number of thiazole rings is 1. The van der Waals surface area contributed by atoms with Crippen LogP contribution in [0.3, 0.4) is 0 Å². The monoisotopic (exact) mass is 397 g/mol. The highest BCUT2D eigenvalue weighted by molar-refractivity contribution is 7.14. The minimum absolute atomic E-state index is 0.427. The topological polar surface area (TPSA) is 38.9 Å². The normalized spacial score (nSPS) is 16.3. The van der Waals surface area contributed by atoms with Crippen molar-refractivity contribution in [2.45, 2.75) is 38.1 Å². The van der Waals surface area contributed by atoms with Crippen LogP contribution < -0.4 is 9.54 Å². The quantitative estimate of drug-likeness (QED) is 0.531. The molecule has 2 aromatic heterocycles. The van der Waals surface area contributed by atoms with Crippen LogP contribution in [-0.2, 0) is 0 Å². The molecule has 2 heterocycles. The molecule has 27 heavy (non-hydrogen) atoms. The van der Waals surface area contributed by atoms with Crippen LogP contribution >= 0.6 is 22.7 Å². The molecule has 1 fully saturated rings. The Kier molecular flexibility index (Phi) is 5.84. The van der Waals surface area contributed by atoms with Crippen LogP contribution in [0.15, 0.2) is 57.3 Å². The van der Waals surface area contributed by atoms with E-state index in [9.17, 15) is 0 Å². The summed E-state index contributed by atoms with van der Waals surface area (Å²) < 4.78 is 7.23. The number of hydrogen-bond donors (Lipinski definition) is 0. The zero-order valence-corrected chi connectivity index (χ0v) is 17.0. The Bertz CT molecular complexity index is 946. The molecule has 4 rings (SSSR count). The van der Waals surface area contributed by atoms with Crippen molar-refractivity contribution in [3.05, 3.63) is 57.5 Å². The molecule has 1 aliphatic rings. The predicted octanol–water partition coefficient (Wildman–Crippen LogP) is 5.40. The zero-order valence-electron chi connectivity index (χ0n) is 15.4. The molecule has 0 unspecified atom stereocenters. The first-order valence-corrected chi connectivity index (χ1v) is 11.1. The summed E-state index contributed by atoms with van der Waals surface area (Å²) in [6, 6.07) is 12.6. The Hall–Kier alpha value is -2.18. The first kappa shape index (κ1) is 18.2. The Labute approximate surface area is 167 Å². The summed E-state index contributed by atoms with van der Waals surface area (Å²) in [7, 11) is 1.68. The molecule has 1 aliphatic carbocycles. The van der Waals surface area contributed by atoms with Crippen LogP contribution in [0.4, 0.5) is 0 Å². The molecule has 0 spiro atoms. The fraction of sp³-hybridized carbons (Fsp3) is 0.333. The molecule has 0 atom stereocenters. The van der Waals surface area contributed by atoms with Crippen molar-refractivity contribution in [2.75, 3.05) is 7.11 Å². The lowest BCUT2D eigenvalue weighted by atomic mass is 9.96. The van der Waals surface area contributed by atoms with Crippen LogP contribution in [0, 0.1) is 0 Å². The number of nitrogens with zero attached hydrogens (tertiary/aromatic N) is 3. The van der Waals surface area contributed by atoms with E-state index in [1.165, 1.54) is 37.0 Å². The molecule has 0 aliphatic heterocycles. The van der Waals surface area contributed by atoms with Crippen molar-refractivity contribution in [3.8, 4) is 16.3 Å². The molecule has 0 radical (unpaired) electrons. The third-order valence-corrected chi connectivity index (χ3v) is 6.49. The number of hydrogen-bond acceptors (Lipinski definition) is 5. The van der Waals surface area contributed by atoms with E-state index >= 15 is 0 Å². The minimum Gasteiger partial charge on any atom is -0.497 e. The van der Waals surface area contributed by atoms with Crippen LogP contribution in [0.5, 0.6) is 5.75 Å². The van der Waals surface area contributed by atoms with Crippen molar-refractivity contribution in [3.63, 3.8) is 0 Å². The van der Waals surface area contributed by atoms with Gasteiger partial charge in [0, 0.05) is 5.38 Å². The Morgan fingerprint density at radius 3 is 2.59 bits per heavy atom. The van der Waals surface area contributed by atoms with E-state index in [1.807, 2.05) is 35.2 Å². The lowest BCUT2D eigenvalue weighted by Gasteiger charge is -2.16. The Balaban J connectivity index is 1.70. The van der Waals surface area contributed by atoms with E-state index in [2.05, 4.69) is 22.9 Å². The Morgan fingerprint density at radius 2 is 1.89 bits per heavy atom. The summed E-state index contributed by atoms with van der Waals surface area (Å²) >= 11 is 3.41. The standard InChI is InChI=1S/C21H23N3OS2/c1-25-18-11-9-16(10-12-18)14-22-24-19(20-8-5-13-26-20)15-27-21(24)23-17-6-3-2-4-7-17/h5,8-15,17H,2-4,6-7H2,1H3. The molecule has 0 saturated heterocycles. The van der Waals surface area contributed by atoms with Gasteiger partial charge >= 0.3 is 0 Å². The van der Waals surface area contributed by atoms with E-state index in [0.717, 1.165) is 21.8 Å². The fourth-order valence-corrected chi connectivity index (χ4v) is 4.98. The van der Waals surface area contributed by atoms with Gasteiger partial charge < -0.3 is 4.74 Å². The van der Waals surface area contributed by atoms with Crippen LogP contribution in [0.2, 0.25) is 0 Å². The molecule has 0 bridgehead atoms. The van der Waals surface area contributed by atoms with Crippen molar-refractivity contribution >= 4 is 28.9 Å². The van der Waals surface area contributed by atoms with Gasteiger partial charge in [0.1, 0.15) is 5.75 Å². The van der Waals surface area contributed by atoms with E-state index < -0.39 is 0 Å². The van der Waals surface area contributed by atoms with Gasteiger partial charge in [-0.15, -0.1) is 22.7 Å². The summed E-state index contributed by atoms with van der Waals surface area (Å²) in [5.74, 6) is 0.850. The molecule has 0 N–H and O–H groups in total. The van der Waals surface area contributed by atoms with E-state index in [0.29, 0.717) is 6.04 Å². The van der Waals surface area contributed by atoms with Crippen molar-refractivity contribution < 1.29 is 4.74 Å². The molecular weight excluding hydrogens is 374 g/mol. The average molecular weight is 398 g/mol. The molecular formula is C21H23N3OS2. The maximum Gasteiger partial charge on any atom is 0.206 e. The van der Waals surface area contributed by atoms with Gasteiger partial charge in [-0.05, 0) is 54.1 Å². The van der Waals surface area contributed by atoms with Crippen LogP contribution in [-0.4, -0.2) is 24.0 Å². The maximum atomic E-state index is 5.23.